The van der Waals surface area contributed by atoms with E-state index in [1.165, 1.54) is 0 Å². The lowest BCUT2D eigenvalue weighted by molar-refractivity contribution is -0.117. The van der Waals surface area contributed by atoms with Gasteiger partial charge in [-0.1, -0.05) is 29.4 Å². The predicted octanol–water partition coefficient (Wildman–Crippen LogP) is 0.0577. The highest BCUT2D eigenvalue weighted by Crippen LogP contribution is 2.14. The third kappa shape index (κ3) is 2.17. The fourth-order valence-corrected chi connectivity index (χ4v) is 1.34. The molecule has 0 aliphatic heterocycles. The first-order valence-electron chi connectivity index (χ1n) is 4.59. The van der Waals surface area contributed by atoms with Crippen LogP contribution in [0.1, 0.15) is 5.56 Å². The van der Waals surface area contributed by atoms with Gasteiger partial charge in [-0.05, 0) is 5.56 Å². The van der Waals surface area contributed by atoms with Gasteiger partial charge in [0.15, 0.2) is 5.82 Å². The van der Waals surface area contributed by atoms with Crippen LogP contribution in [0.3, 0.4) is 0 Å². The highest BCUT2D eigenvalue weighted by atomic mass is 16.5. The number of hydrogen-bond acceptors (Lipinski definition) is 4. The highest BCUT2D eigenvalue weighted by Gasteiger charge is 2.04. The zero-order chi connectivity index (χ0) is 11.5. The molecule has 1 aromatic heterocycles. The second-order valence-electron chi connectivity index (χ2n) is 3.28. The van der Waals surface area contributed by atoms with E-state index in [1.54, 1.807) is 24.3 Å². The number of aromatic nitrogens is 2. The number of rotatable bonds is 3. The van der Waals surface area contributed by atoms with Gasteiger partial charge < -0.3 is 5.73 Å². The van der Waals surface area contributed by atoms with Crippen molar-refractivity contribution in [1.29, 1.82) is 0 Å². The van der Waals surface area contributed by atoms with Gasteiger partial charge in [-0.25, -0.2) is 4.79 Å². The minimum atomic E-state index is -0.601. The molecule has 6 nitrogen and oxygen atoms in total. The first kappa shape index (κ1) is 10.2. The van der Waals surface area contributed by atoms with Crippen LogP contribution in [0.2, 0.25) is 0 Å². The number of carbonyl (C=O) groups excluding carboxylic acids is 1. The van der Waals surface area contributed by atoms with E-state index in [2.05, 4.69) is 14.7 Å². The van der Waals surface area contributed by atoms with Gasteiger partial charge >= 0.3 is 5.76 Å². The smallest absolute Gasteiger partial charge is 0.369 e. The molecule has 0 aliphatic rings. The summed E-state index contributed by atoms with van der Waals surface area (Å²) in [4.78, 5) is 23.8. The quantitative estimate of drug-likeness (QED) is 0.761. The van der Waals surface area contributed by atoms with Crippen molar-refractivity contribution < 1.29 is 9.32 Å². The minimum absolute atomic E-state index is 0.190. The lowest BCUT2D eigenvalue weighted by atomic mass is 10.1. The number of nitrogens with one attached hydrogen (secondary N) is 1. The van der Waals surface area contributed by atoms with Gasteiger partial charge in [0, 0.05) is 5.56 Å². The summed E-state index contributed by atoms with van der Waals surface area (Å²) in [5.74, 6) is -0.630. The second kappa shape index (κ2) is 4.01. The molecular weight excluding hydrogens is 210 g/mol. The van der Waals surface area contributed by atoms with Crippen molar-refractivity contribution in [3.8, 4) is 11.4 Å². The molecule has 3 N–H and O–H groups in total. The van der Waals surface area contributed by atoms with Crippen molar-refractivity contribution >= 4 is 5.91 Å². The fraction of sp³-hybridized carbons (Fsp3) is 0.100. The van der Waals surface area contributed by atoms with Crippen LogP contribution in [0, 0.1) is 0 Å². The van der Waals surface area contributed by atoms with Crippen LogP contribution in [0.25, 0.3) is 11.4 Å². The molecule has 0 unspecified atom stereocenters. The third-order valence-corrected chi connectivity index (χ3v) is 2.05. The molecule has 0 saturated carbocycles. The number of nitrogens with zero attached hydrogens (tertiary/aromatic N) is 1. The number of amides is 1. The number of primary amides is 1. The summed E-state index contributed by atoms with van der Waals surface area (Å²) in [6.45, 7) is 0. The molecule has 2 aromatic rings. The third-order valence-electron chi connectivity index (χ3n) is 2.05. The second-order valence-corrected chi connectivity index (χ2v) is 3.28. The Morgan fingerprint density at radius 1 is 1.38 bits per heavy atom. The summed E-state index contributed by atoms with van der Waals surface area (Å²) >= 11 is 0. The first-order chi connectivity index (χ1) is 7.65. The standard InChI is InChI=1S/C10H9N3O3/c11-8(14)5-6-1-3-7(4-2-6)9-12-10(15)16-13-9/h1-4H,5H2,(H2,11,14)(H,12,13,15). The molecule has 1 heterocycles. The van der Waals surface area contributed by atoms with Gasteiger partial charge in [0.25, 0.3) is 0 Å². The zero-order valence-electron chi connectivity index (χ0n) is 8.27. The number of benzene rings is 1. The molecule has 2 rings (SSSR count). The normalized spacial score (nSPS) is 10.2. The van der Waals surface area contributed by atoms with E-state index in [1.807, 2.05) is 0 Å². The molecule has 0 saturated heterocycles. The van der Waals surface area contributed by atoms with Crippen LogP contribution >= 0.6 is 0 Å². The van der Waals surface area contributed by atoms with Crippen LogP contribution in [0.4, 0.5) is 0 Å². The highest BCUT2D eigenvalue weighted by molar-refractivity contribution is 5.76. The van der Waals surface area contributed by atoms with E-state index in [0.29, 0.717) is 11.4 Å². The lowest BCUT2D eigenvalue weighted by Gasteiger charge is -1.98. The van der Waals surface area contributed by atoms with E-state index >= 15 is 0 Å². The number of carbonyl (C=O) groups is 1. The van der Waals surface area contributed by atoms with Crippen molar-refractivity contribution in [3.05, 3.63) is 40.4 Å². The van der Waals surface area contributed by atoms with Crippen molar-refractivity contribution in [2.24, 2.45) is 5.73 Å². The Bertz CT molecular complexity index is 553. The predicted molar refractivity (Wildman–Crippen MR) is 55.5 cm³/mol. The molecule has 0 spiro atoms. The molecule has 0 bridgehead atoms. The minimum Gasteiger partial charge on any atom is -0.369 e. The number of hydrogen-bond donors (Lipinski definition) is 2. The van der Waals surface area contributed by atoms with Gasteiger partial charge in [-0.15, -0.1) is 0 Å². The Labute approximate surface area is 90.1 Å². The van der Waals surface area contributed by atoms with Crippen molar-refractivity contribution in [3.63, 3.8) is 0 Å². The Morgan fingerprint density at radius 2 is 2.06 bits per heavy atom. The summed E-state index contributed by atoms with van der Waals surface area (Å²) in [7, 11) is 0. The average molecular weight is 219 g/mol. The zero-order valence-corrected chi connectivity index (χ0v) is 8.27. The maximum atomic E-state index is 10.7. The molecular formula is C10H9N3O3. The maximum absolute atomic E-state index is 10.7. The van der Waals surface area contributed by atoms with Crippen LogP contribution in [0.5, 0.6) is 0 Å². The Kier molecular flexibility index (Phi) is 2.55. The molecule has 0 fully saturated rings. The topological polar surface area (TPSA) is 102 Å². The van der Waals surface area contributed by atoms with Gasteiger partial charge in [-0.3, -0.25) is 14.3 Å². The number of nitrogens with two attached hydrogens (primary N) is 1. The summed E-state index contributed by atoms with van der Waals surface area (Å²) in [5.41, 5.74) is 6.58. The molecule has 0 aliphatic carbocycles. The SMILES string of the molecule is NC(=O)Cc1ccc(-c2noc(=O)[nH]2)cc1. The number of aromatic amines is 1. The van der Waals surface area contributed by atoms with Crippen molar-refractivity contribution in [1.82, 2.24) is 10.1 Å². The van der Waals surface area contributed by atoms with E-state index in [4.69, 9.17) is 5.73 Å². The van der Waals surface area contributed by atoms with Crippen LogP contribution in [-0.4, -0.2) is 16.0 Å². The Morgan fingerprint density at radius 3 is 2.56 bits per heavy atom. The van der Waals surface area contributed by atoms with E-state index in [0.717, 1.165) is 5.56 Å². The fourth-order valence-electron chi connectivity index (χ4n) is 1.34. The van der Waals surface area contributed by atoms with Crippen LogP contribution in [0.15, 0.2) is 33.6 Å². The van der Waals surface area contributed by atoms with E-state index in [-0.39, 0.29) is 12.3 Å². The van der Waals surface area contributed by atoms with Crippen molar-refractivity contribution in [2.45, 2.75) is 6.42 Å². The Balaban J connectivity index is 2.25. The van der Waals surface area contributed by atoms with Gasteiger partial charge in [0.1, 0.15) is 0 Å². The van der Waals surface area contributed by atoms with E-state index < -0.39 is 5.76 Å². The van der Waals surface area contributed by atoms with E-state index in [9.17, 15) is 9.59 Å². The van der Waals surface area contributed by atoms with Gasteiger partial charge in [0.05, 0.1) is 6.42 Å². The Hall–Kier alpha value is -2.37. The molecule has 82 valence electrons. The maximum Gasteiger partial charge on any atom is 0.439 e. The summed E-state index contributed by atoms with van der Waals surface area (Å²) in [6, 6.07) is 6.94. The van der Waals surface area contributed by atoms with Gasteiger partial charge in [-0.2, -0.15) is 0 Å². The van der Waals surface area contributed by atoms with Crippen molar-refractivity contribution in [2.75, 3.05) is 0 Å². The average Bonchev–Trinajstić information content (AvgIpc) is 2.65. The first-order valence-corrected chi connectivity index (χ1v) is 4.59. The summed E-state index contributed by atoms with van der Waals surface area (Å²) in [5, 5.41) is 3.54. The molecule has 0 atom stereocenters. The molecule has 1 aromatic carbocycles. The lowest BCUT2D eigenvalue weighted by Crippen LogP contribution is -2.13. The van der Waals surface area contributed by atoms with Crippen LogP contribution in [-0.2, 0) is 11.2 Å². The largest absolute Gasteiger partial charge is 0.439 e. The molecule has 16 heavy (non-hydrogen) atoms. The summed E-state index contributed by atoms with van der Waals surface area (Å²) in [6.07, 6.45) is 0.190. The molecule has 0 radical (unpaired) electrons. The summed E-state index contributed by atoms with van der Waals surface area (Å²) < 4.78 is 4.38. The van der Waals surface area contributed by atoms with Gasteiger partial charge in [0.2, 0.25) is 5.91 Å². The number of H-pyrrole nitrogens is 1. The monoisotopic (exact) mass is 219 g/mol. The molecule has 6 heteroatoms. The molecule has 1 amide bonds. The van der Waals surface area contributed by atoms with Crippen LogP contribution < -0.4 is 11.5 Å².